The third-order valence-electron chi connectivity index (χ3n) is 5.25. The number of hydrogen-bond acceptors (Lipinski definition) is 4. The smallest absolute Gasteiger partial charge is 0.261 e. The minimum absolute atomic E-state index is 0.221. The highest BCUT2D eigenvalue weighted by molar-refractivity contribution is 6.32. The monoisotopic (exact) mass is 500 g/mol. The number of hydrogen-bond donors (Lipinski definition) is 1. The lowest BCUT2D eigenvalue weighted by Crippen LogP contribution is -2.48. The fraction of sp³-hybridized carbons (Fsp3) is 0.231. The van der Waals surface area contributed by atoms with Gasteiger partial charge in [0.15, 0.2) is 6.61 Å². The van der Waals surface area contributed by atoms with Crippen molar-refractivity contribution in [2.24, 2.45) is 0 Å². The number of para-hydroxylation sites is 1. The fourth-order valence-electron chi connectivity index (χ4n) is 3.23. The van der Waals surface area contributed by atoms with E-state index in [1.54, 1.807) is 50.4 Å². The van der Waals surface area contributed by atoms with Gasteiger partial charge in [-0.2, -0.15) is 0 Å². The summed E-state index contributed by atoms with van der Waals surface area (Å²) in [5.74, 6) is 0.514. The predicted octanol–water partition coefficient (Wildman–Crippen LogP) is 5.11. The number of nitrogens with zero attached hydrogens (tertiary/aromatic N) is 1. The van der Waals surface area contributed by atoms with E-state index in [0.29, 0.717) is 22.3 Å². The van der Waals surface area contributed by atoms with E-state index >= 15 is 0 Å². The average Bonchev–Trinajstić information content (AvgIpc) is 2.86. The zero-order valence-electron chi connectivity index (χ0n) is 19.0. The number of rotatable bonds is 10. The van der Waals surface area contributed by atoms with Crippen LogP contribution in [0, 0.1) is 0 Å². The summed E-state index contributed by atoms with van der Waals surface area (Å²) in [5, 5.41) is 3.89. The van der Waals surface area contributed by atoms with Gasteiger partial charge in [-0.05, 0) is 54.4 Å². The zero-order chi connectivity index (χ0) is 24.5. The van der Waals surface area contributed by atoms with Crippen LogP contribution in [0.15, 0.2) is 72.8 Å². The SMILES string of the molecule is COc1ccc(CNC(=O)[C@@H](C)N(Cc2ccc(Cl)cc2)C(=O)COc2ccccc2Cl)cc1. The molecular formula is C26H26Cl2N2O4. The van der Waals surface area contributed by atoms with Gasteiger partial charge in [-0.25, -0.2) is 0 Å². The molecule has 2 amide bonds. The summed E-state index contributed by atoms with van der Waals surface area (Å²) in [7, 11) is 1.60. The summed E-state index contributed by atoms with van der Waals surface area (Å²) in [6.07, 6.45) is 0. The third-order valence-corrected chi connectivity index (χ3v) is 5.81. The van der Waals surface area contributed by atoms with E-state index in [-0.39, 0.29) is 25.0 Å². The molecule has 6 nitrogen and oxygen atoms in total. The molecule has 3 rings (SSSR count). The van der Waals surface area contributed by atoms with Crippen LogP contribution in [-0.4, -0.2) is 36.5 Å². The van der Waals surface area contributed by atoms with Gasteiger partial charge in [0.05, 0.1) is 12.1 Å². The van der Waals surface area contributed by atoms with Crippen molar-refractivity contribution in [1.29, 1.82) is 0 Å². The molecule has 1 N–H and O–H groups in total. The van der Waals surface area contributed by atoms with Crippen molar-refractivity contribution in [3.8, 4) is 11.5 Å². The summed E-state index contributed by atoms with van der Waals surface area (Å²) < 4.78 is 10.8. The molecule has 0 saturated carbocycles. The van der Waals surface area contributed by atoms with Crippen molar-refractivity contribution >= 4 is 35.0 Å². The van der Waals surface area contributed by atoms with Crippen LogP contribution < -0.4 is 14.8 Å². The minimum atomic E-state index is -0.740. The Labute approximate surface area is 209 Å². The number of methoxy groups -OCH3 is 1. The molecule has 0 unspecified atom stereocenters. The number of halogens is 2. The van der Waals surface area contributed by atoms with Gasteiger partial charge in [0, 0.05) is 18.1 Å². The van der Waals surface area contributed by atoms with Crippen molar-refractivity contribution in [2.75, 3.05) is 13.7 Å². The topological polar surface area (TPSA) is 67.9 Å². The van der Waals surface area contributed by atoms with Crippen LogP contribution in [-0.2, 0) is 22.7 Å². The summed E-state index contributed by atoms with van der Waals surface area (Å²) in [5.41, 5.74) is 1.75. The number of amides is 2. The fourth-order valence-corrected chi connectivity index (χ4v) is 3.55. The van der Waals surface area contributed by atoms with E-state index in [1.807, 2.05) is 36.4 Å². The van der Waals surface area contributed by atoms with Gasteiger partial charge in [0.2, 0.25) is 5.91 Å². The Hall–Kier alpha value is -3.22. The number of nitrogens with one attached hydrogen (secondary N) is 1. The molecular weight excluding hydrogens is 475 g/mol. The second kappa shape index (κ2) is 12.3. The lowest BCUT2D eigenvalue weighted by atomic mass is 10.1. The second-order valence-corrected chi connectivity index (χ2v) is 8.45. The van der Waals surface area contributed by atoms with Crippen LogP contribution in [0.3, 0.4) is 0 Å². The Morgan fingerprint density at radius 3 is 2.24 bits per heavy atom. The van der Waals surface area contributed by atoms with Crippen LogP contribution >= 0.6 is 23.2 Å². The molecule has 0 radical (unpaired) electrons. The van der Waals surface area contributed by atoms with E-state index in [0.717, 1.165) is 16.9 Å². The molecule has 0 bridgehead atoms. The summed E-state index contributed by atoms with van der Waals surface area (Å²) in [6.45, 7) is 1.98. The molecule has 0 heterocycles. The van der Waals surface area contributed by atoms with Crippen molar-refractivity contribution < 1.29 is 19.1 Å². The van der Waals surface area contributed by atoms with Gasteiger partial charge >= 0.3 is 0 Å². The van der Waals surface area contributed by atoms with Crippen LogP contribution in [0.4, 0.5) is 0 Å². The van der Waals surface area contributed by atoms with Crippen molar-refractivity contribution in [2.45, 2.75) is 26.1 Å². The lowest BCUT2D eigenvalue weighted by Gasteiger charge is -2.29. The van der Waals surface area contributed by atoms with E-state index in [2.05, 4.69) is 5.32 Å². The van der Waals surface area contributed by atoms with Gasteiger partial charge in [-0.3, -0.25) is 9.59 Å². The van der Waals surface area contributed by atoms with Gasteiger partial charge in [-0.15, -0.1) is 0 Å². The molecule has 0 aliphatic rings. The van der Waals surface area contributed by atoms with Crippen LogP contribution in [0.5, 0.6) is 11.5 Å². The average molecular weight is 501 g/mol. The number of carbonyl (C=O) groups excluding carboxylic acids is 2. The van der Waals surface area contributed by atoms with Crippen LogP contribution in [0.2, 0.25) is 10.0 Å². The summed E-state index contributed by atoms with van der Waals surface area (Å²) in [6, 6.07) is 20.7. The van der Waals surface area contributed by atoms with Crippen molar-refractivity contribution in [3.05, 3.63) is 94.0 Å². The van der Waals surface area contributed by atoms with E-state index in [9.17, 15) is 9.59 Å². The molecule has 0 fully saturated rings. The van der Waals surface area contributed by atoms with Crippen LogP contribution in [0.1, 0.15) is 18.1 Å². The van der Waals surface area contributed by atoms with E-state index < -0.39 is 6.04 Å². The Morgan fingerprint density at radius 2 is 1.59 bits per heavy atom. The predicted molar refractivity (Wildman–Crippen MR) is 133 cm³/mol. The maximum Gasteiger partial charge on any atom is 0.261 e. The molecule has 3 aromatic carbocycles. The first-order chi connectivity index (χ1) is 16.4. The highest BCUT2D eigenvalue weighted by Gasteiger charge is 2.26. The first kappa shape index (κ1) is 25.4. The highest BCUT2D eigenvalue weighted by atomic mass is 35.5. The summed E-state index contributed by atoms with van der Waals surface area (Å²) in [4.78, 5) is 27.5. The Balaban J connectivity index is 1.69. The largest absolute Gasteiger partial charge is 0.497 e. The van der Waals surface area contributed by atoms with Crippen molar-refractivity contribution in [3.63, 3.8) is 0 Å². The molecule has 34 heavy (non-hydrogen) atoms. The van der Waals surface area contributed by atoms with E-state index in [4.69, 9.17) is 32.7 Å². The van der Waals surface area contributed by atoms with Gasteiger partial charge < -0.3 is 19.7 Å². The second-order valence-electron chi connectivity index (χ2n) is 7.61. The zero-order valence-corrected chi connectivity index (χ0v) is 20.5. The van der Waals surface area contributed by atoms with E-state index in [1.165, 1.54) is 4.90 Å². The number of carbonyl (C=O) groups is 2. The molecule has 1 atom stereocenters. The maximum absolute atomic E-state index is 13.1. The first-order valence-corrected chi connectivity index (χ1v) is 11.4. The molecule has 0 aliphatic heterocycles. The van der Waals surface area contributed by atoms with Gasteiger partial charge in [-0.1, -0.05) is 59.6 Å². The number of benzene rings is 3. The molecule has 3 aromatic rings. The summed E-state index contributed by atoms with van der Waals surface area (Å²) >= 11 is 12.1. The lowest BCUT2D eigenvalue weighted by molar-refractivity contribution is -0.142. The number of ether oxygens (including phenoxy) is 2. The Morgan fingerprint density at radius 1 is 0.941 bits per heavy atom. The van der Waals surface area contributed by atoms with Gasteiger partial charge in [0.1, 0.15) is 17.5 Å². The maximum atomic E-state index is 13.1. The molecule has 0 aliphatic carbocycles. The van der Waals surface area contributed by atoms with Gasteiger partial charge in [0.25, 0.3) is 5.91 Å². The van der Waals surface area contributed by atoms with Crippen LogP contribution in [0.25, 0.3) is 0 Å². The molecule has 8 heteroatoms. The Bertz CT molecular complexity index is 1100. The Kier molecular flexibility index (Phi) is 9.19. The molecule has 178 valence electrons. The minimum Gasteiger partial charge on any atom is -0.497 e. The normalized spacial score (nSPS) is 11.4. The quantitative estimate of drug-likeness (QED) is 0.419. The molecule has 0 saturated heterocycles. The van der Waals surface area contributed by atoms with Crippen molar-refractivity contribution in [1.82, 2.24) is 10.2 Å². The molecule has 0 spiro atoms. The molecule has 0 aromatic heterocycles. The highest BCUT2D eigenvalue weighted by Crippen LogP contribution is 2.23. The standard InChI is InChI=1S/C26H26Cl2N2O4/c1-18(26(32)29-15-19-9-13-22(33-2)14-10-19)30(16-20-7-11-21(27)12-8-20)25(31)17-34-24-6-4-3-5-23(24)28/h3-14,18H,15-17H2,1-2H3,(H,29,32)/t18-/m1/s1. The third kappa shape index (κ3) is 7.14. The first-order valence-electron chi connectivity index (χ1n) is 10.7.